The zero-order chi connectivity index (χ0) is 17.1. The lowest BCUT2D eigenvalue weighted by molar-refractivity contribution is 0.0953. The van der Waals surface area contributed by atoms with Crippen LogP contribution in [0.4, 0.5) is 0 Å². The van der Waals surface area contributed by atoms with E-state index in [0.717, 1.165) is 11.2 Å². The van der Waals surface area contributed by atoms with E-state index in [0.29, 0.717) is 30.2 Å². The third kappa shape index (κ3) is 3.25. The molecule has 25 heavy (non-hydrogen) atoms. The minimum Gasteiger partial charge on any atom is -0.352 e. The number of hydrogen-bond acceptors (Lipinski definition) is 5. The maximum Gasteiger partial charge on any atom is 0.257 e. The van der Waals surface area contributed by atoms with Gasteiger partial charge in [0.2, 0.25) is 0 Å². The predicted octanol–water partition coefficient (Wildman–Crippen LogP) is 2.36. The zero-order valence-corrected chi connectivity index (χ0v) is 13.3. The Bertz CT molecular complexity index is 1010. The van der Waals surface area contributed by atoms with E-state index in [9.17, 15) is 4.79 Å². The number of carbonyl (C=O) groups excluding carboxylic acids is 1. The highest BCUT2D eigenvalue weighted by Gasteiger charge is 2.10. The van der Waals surface area contributed by atoms with E-state index in [4.69, 9.17) is 4.52 Å². The fourth-order valence-electron chi connectivity index (χ4n) is 2.50. The minimum absolute atomic E-state index is 0.151. The van der Waals surface area contributed by atoms with Gasteiger partial charge in [0.25, 0.3) is 11.8 Å². The van der Waals surface area contributed by atoms with Crippen molar-refractivity contribution in [3.05, 3.63) is 72.4 Å². The van der Waals surface area contributed by atoms with Gasteiger partial charge in [-0.3, -0.25) is 4.79 Å². The van der Waals surface area contributed by atoms with Crippen LogP contribution < -0.4 is 5.32 Å². The van der Waals surface area contributed by atoms with Crippen LogP contribution in [0.3, 0.4) is 0 Å². The van der Waals surface area contributed by atoms with Crippen LogP contribution in [0.25, 0.3) is 17.1 Å². The van der Waals surface area contributed by atoms with Gasteiger partial charge >= 0.3 is 0 Å². The van der Waals surface area contributed by atoms with Gasteiger partial charge in [-0.25, -0.2) is 4.98 Å². The molecule has 0 aliphatic heterocycles. The molecule has 7 nitrogen and oxygen atoms in total. The number of imidazole rings is 1. The number of benzene rings is 1. The van der Waals surface area contributed by atoms with Crippen LogP contribution in [-0.4, -0.2) is 32.0 Å². The van der Waals surface area contributed by atoms with E-state index >= 15 is 0 Å². The molecule has 0 spiro atoms. The van der Waals surface area contributed by atoms with Crippen molar-refractivity contribution in [3.8, 4) is 11.5 Å². The largest absolute Gasteiger partial charge is 0.352 e. The molecule has 0 bridgehead atoms. The van der Waals surface area contributed by atoms with Crippen molar-refractivity contribution in [2.75, 3.05) is 6.54 Å². The van der Waals surface area contributed by atoms with Gasteiger partial charge in [0, 0.05) is 37.1 Å². The molecular formula is C18H15N5O2. The molecule has 0 saturated carbocycles. The standard InChI is InChI=1S/C18H15N5O2/c24-17(14-6-7-16-19-10-11-23(16)12-14)20-9-8-15-21-18(25-22-15)13-4-2-1-3-5-13/h1-7,10-12H,8-9H2,(H,20,24). The predicted molar refractivity (Wildman–Crippen MR) is 91.0 cm³/mol. The van der Waals surface area contributed by atoms with E-state index in [1.807, 2.05) is 30.3 Å². The fourth-order valence-corrected chi connectivity index (χ4v) is 2.50. The third-order valence-corrected chi connectivity index (χ3v) is 3.77. The summed E-state index contributed by atoms with van der Waals surface area (Å²) in [5.41, 5.74) is 2.25. The van der Waals surface area contributed by atoms with Gasteiger partial charge < -0.3 is 14.2 Å². The molecule has 124 valence electrons. The Morgan fingerprint density at radius 1 is 1.16 bits per heavy atom. The summed E-state index contributed by atoms with van der Waals surface area (Å²) in [6.07, 6.45) is 5.74. The molecule has 7 heteroatoms. The first kappa shape index (κ1) is 15.1. The first-order chi connectivity index (χ1) is 12.3. The summed E-state index contributed by atoms with van der Waals surface area (Å²) in [7, 11) is 0. The molecule has 4 aromatic rings. The van der Waals surface area contributed by atoms with Crippen LogP contribution in [0.1, 0.15) is 16.2 Å². The Morgan fingerprint density at radius 2 is 2.04 bits per heavy atom. The first-order valence-corrected chi connectivity index (χ1v) is 7.88. The Morgan fingerprint density at radius 3 is 2.92 bits per heavy atom. The Labute approximate surface area is 143 Å². The van der Waals surface area contributed by atoms with Gasteiger partial charge in [-0.1, -0.05) is 23.4 Å². The lowest BCUT2D eigenvalue weighted by Gasteiger charge is -2.04. The number of rotatable bonds is 5. The summed E-state index contributed by atoms with van der Waals surface area (Å²) in [5, 5.41) is 6.81. The quantitative estimate of drug-likeness (QED) is 0.606. The monoisotopic (exact) mass is 333 g/mol. The summed E-state index contributed by atoms with van der Waals surface area (Å²) in [6.45, 7) is 0.425. The molecule has 4 rings (SSSR count). The van der Waals surface area contributed by atoms with Crippen LogP contribution in [0, 0.1) is 0 Å². The minimum atomic E-state index is -0.151. The third-order valence-electron chi connectivity index (χ3n) is 3.77. The van der Waals surface area contributed by atoms with E-state index in [-0.39, 0.29) is 5.91 Å². The van der Waals surface area contributed by atoms with Crippen LogP contribution >= 0.6 is 0 Å². The number of amides is 1. The van der Waals surface area contributed by atoms with Crippen LogP contribution in [0.5, 0.6) is 0 Å². The van der Waals surface area contributed by atoms with E-state index < -0.39 is 0 Å². The topological polar surface area (TPSA) is 85.3 Å². The van der Waals surface area contributed by atoms with Crippen LogP contribution in [0.15, 0.2) is 65.6 Å². The molecule has 1 aromatic carbocycles. The molecule has 0 saturated heterocycles. The molecule has 3 heterocycles. The maximum atomic E-state index is 12.2. The second kappa shape index (κ2) is 6.56. The number of nitrogens with zero attached hydrogens (tertiary/aromatic N) is 4. The van der Waals surface area contributed by atoms with Crippen LogP contribution in [0.2, 0.25) is 0 Å². The Balaban J connectivity index is 1.36. The van der Waals surface area contributed by atoms with E-state index in [1.165, 1.54) is 0 Å². The maximum absolute atomic E-state index is 12.2. The number of fused-ring (bicyclic) bond motifs is 1. The molecule has 0 aliphatic carbocycles. The molecule has 0 unspecified atom stereocenters. The molecule has 0 aliphatic rings. The second-order valence-corrected chi connectivity index (χ2v) is 5.50. The lowest BCUT2D eigenvalue weighted by atomic mass is 10.2. The zero-order valence-electron chi connectivity index (χ0n) is 13.3. The number of nitrogens with one attached hydrogen (secondary N) is 1. The summed E-state index contributed by atoms with van der Waals surface area (Å²) < 4.78 is 7.05. The number of aromatic nitrogens is 4. The van der Waals surface area contributed by atoms with Crippen molar-refractivity contribution in [2.45, 2.75) is 6.42 Å². The summed E-state index contributed by atoms with van der Waals surface area (Å²) in [6, 6.07) is 13.1. The lowest BCUT2D eigenvalue weighted by Crippen LogP contribution is -2.26. The number of hydrogen-bond donors (Lipinski definition) is 1. The molecule has 3 aromatic heterocycles. The smallest absolute Gasteiger partial charge is 0.257 e. The molecular weight excluding hydrogens is 318 g/mol. The Hall–Kier alpha value is -3.48. The molecule has 0 radical (unpaired) electrons. The summed E-state index contributed by atoms with van der Waals surface area (Å²) >= 11 is 0. The van der Waals surface area contributed by atoms with Gasteiger partial charge in [0.15, 0.2) is 5.82 Å². The molecule has 1 amide bonds. The van der Waals surface area contributed by atoms with Crippen molar-refractivity contribution < 1.29 is 9.32 Å². The average molecular weight is 333 g/mol. The van der Waals surface area contributed by atoms with Gasteiger partial charge in [-0.2, -0.15) is 4.98 Å². The molecule has 0 atom stereocenters. The van der Waals surface area contributed by atoms with Crippen LogP contribution in [-0.2, 0) is 6.42 Å². The highest BCUT2D eigenvalue weighted by Crippen LogP contribution is 2.16. The van der Waals surface area contributed by atoms with Gasteiger partial charge in [-0.15, -0.1) is 0 Å². The van der Waals surface area contributed by atoms with Crippen molar-refractivity contribution in [2.24, 2.45) is 0 Å². The van der Waals surface area contributed by atoms with Crippen molar-refractivity contribution in [1.29, 1.82) is 0 Å². The van der Waals surface area contributed by atoms with Gasteiger partial charge in [-0.05, 0) is 24.3 Å². The van der Waals surface area contributed by atoms with Crippen molar-refractivity contribution in [3.63, 3.8) is 0 Å². The Kier molecular flexibility index (Phi) is 3.96. The number of carbonyl (C=O) groups is 1. The highest BCUT2D eigenvalue weighted by atomic mass is 16.5. The highest BCUT2D eigenvalue weighted by molar-refractivity contribution is 5.94. The number of pyridine rings is 1. The van der Waals surface area contributed by atoms with Gasteiger partial charge in [0.05, 0.1) is 5.56 Å². The van der Waals surface area contributed by atoms with Crippen molar-refractivity contribution >= 4 is 11.6 Å². The summed E-state index contributed by atoms with van der Waals surface area (Å²) in [4.78, 5) is 20.7. The second-order valence-electron chi connectivity index (χ2n) is 5.50. The molecule has 0 fully saturated rings. The summed E-state index contributed by atoms with van der Waals surface area (Å²) in [5.74, 6) is 0.888. The normalized spacial score (nSPS) is 10.9. The molecule has 1 N–H and O–H groups in total. The van der Waals surface area contributed by atoms with Crippen molar-refractivity contribution in [1.82, 2.24) is 24.8 Å². The first-order valence-electron chi connectivity index (χ1n) is 7.88. The SMILES string of the molecule is O=C(NCCc1noc(-c2ccccc2)n1)c1ccc2nccn2c1. The van der Waals surface area contributed by atoms with E-state index in [1.54, 1.807) is 35.1 Å². The fraction of sp³-hybridized carbons (Fsp3) is 0.111. The average Bonchev–Trinajstić information content (AvgIpc) is 3.31. The van der Waals surface area contributed by atoms with Gasteiger partial charge in [0.1, 0.15) is 5.65 Å². The van der Waals surface area contributed by atoms with E-state index in [2.05, 4.69) is 20.4 Å².